The highest BCUT2D eigenvalue weighted by Gasteiger charge is 2.40. The lowest BCUT2D eigenvalue weighted by molar-refractivity contribution is 0.0747. The van der Waals surface area contributed by atoms with Gasteiger partial charge < -0.3 is 14.6 Å². The molecule has 0 saturated carbocycles. The van der Waals surface area contributed by atoms with Crippen LogP contribution in [0, 0.1) is 0 Å². The number of aliphatic hydroxyl groups excluding tert-OH is 1. The summed E-state index contributed by atoms with van der Waals surface area (Å²) >= 11 is 0. The van der Waals surface area contributed by atoms with Crippen molar-refractivity contribution in [2.45, 2.75) is 37.8 Å². The van der Waals surface area contributed by atoms with Gasteiger partial charge in [-0.05, 0) is 25.7 Å². The zero-order chi connectivity index (χ0) is 12.8. The van der Waals surface area contributed by atoms with E-state index in [9.17, 15) is 4.79 Å². The summed E-state index contributed by atoms with van der Waals surface area (Å²) in [5, 5.41) is 8.63. The molecule has 0 aromatic rings. The van der Waals surface area contributed by atoms with Crippen molar-refractivity contribution in [1.82, 2.24) is 4.90 Å². The smallest absolute Gasteiger partial charge is 0.410 e. The average molecular weight is 255 g/mol. The molecule has 102 valence electrons. The quantitative estimate of drug-likeness (QED) is 0.594. The molecule has 1 aliphatic carbocycles. The third-order valence-electron chi connectivity index (χ3n) is 3.44. The van der Waals surface area contributed by atoms with Crippen LogP contribution in [0.3, 0.4) is 0 Å². The number of amides is 1. The Bertz CT molecular complexity index is 305. The Labute approximate surface area is 107 Å². The molecule has 2 atom stereocenters. The molecular formula is C13H21NO4. The van der Waals surface area contributed by atoms with E-state index in [4.69, 9.17) is 14.6 Å². The van der Waals surface area contributed by atoms with Crippen LogP contribution in [0.25, 0.3) is 0 Å². The minimum atomic E-state index is -0.223. The van der Waals surface area contributed by atoms with Crippen LogP contribution in [-0.4, -0.2) is 54.6 Å². The second-order valence-corrected chi connectivity index (χ2v) is 4.65. The fraction of sp³-hybridized carbons (Fsp3) is 0.769. The number of carbonyl (C=O) groups excluding carboxylic acids is 1. The van der Waals surface area contributed by atoms with E-state index in [1.807, 2.05) is 0 Å². The maximum absolute atomic E-state index is 11.8. The molecule has 0 aromatic heterocycles. The van der Waals surface area contributed by atoms with Crippen molar-refractivity contribution in [2.75, 3.05) is 26.4 Å². The Morgan fingerprint density at radius 2 is 2.11 bits per heavy atom. The molecule has 5 heteroatoms. The highest BCUT2D eigenvalue weighted by Crippen LogP contribution is 2.28. The third-order valence-corrected chi connectivity index (χ3v) is 3.44. The summed E-state index contributed by atoms with van der Waals surface area (Å²) < 4.78 is 10.6. The first-order valence-electron chi connectivity index (χ1n) is 6.64. The minimum absolute atomic E-state index is 0.0152. The molecule has 1 saturated heterocycles. The Hall–Kier alpha value is -1.07. The maximum Gasteiger partial charge on any atom is 0.410 e. The van der Waals surface area contributed by atoms with Crippen molar-refractivity contribution in [3.05, 3.63) is 12.2 Å². The Morgan fingerprint density at radius 3 is 2.89 bits per heavy atom. The highest BCUT2D eigenvalue weighted by molar-refractivity contribution is 5.70. The monoisotopic (exact) mass is 255 g/mol. The van der Waals surface area contributed by atoms with Crippen LogP contribution in [0.1, 0.15) is 25.7 Å². The topological polar surface area (TPSA) is 59.0 Å². The van der Waals surface area contributed by atoms with Crippen LogP contribution in [-0.2, 0) is 9.47 Å². The summed E-state index contributed by atoms with van der Waals surface area (Å²) in [6, 6.07) is 0.181. The summed E-state index contributed by atoms with van der Waals surface area (Å²) in [5.74, 6) is 0. The molecule has 0 unspecified atom stereocenters. The fourth-order valence-corrected chi connectivity index (χ4v) is 2.55. The van der Waals surface area contributed by atoms with Gasteiger partial charge in [0.1, 0.15) is 6.10 Å². The number of hydrogen-bond donors (Lipinski definition) is 1. The second-order valence-electron chi connectivity index (χ2n) is 4.65. The van der Waals surface area contributed by atoms with Gasteiger partial charge in [0.15, 0.2) is 0 Å². The summed E-state index contributed by atoms with van der Waals surface area (Å²) in [7, 11) is 0. The normalized spacial score (nSPS) is 29.4. The molecular weight excluding hydrogens is 234 g/mol. The first kappa shape index (κ1) is 13.4. The van der Waals surface area contributed by atoms with Gasteiger partial charge in [0.2, 0.25) is 0 Å². The number of fused-ring (bicyclic) bond motifs is 1. The van der Waals surface area contributed by atoms with Crippen LogP contribution in [0.2, 0.25) is 0 Å². The summed E-state index contributed by atoms with van der Waals surface area (Å²) in [6.07, 6.45) is 7.97. The van der Waals surface area contributed by atoms with E-state index in [0.717, 1.165) is 25.7 Å². The Kier molecular flexibility index (Phi) is 5.01. The van der Waals surface area contributed by atoms with E-state index >= 15 is 0 Å². The Morgan fingerprint density at radius 1 is 1.33 bits per heavy atom. The number of nitrogens with zero attached hydrogens (tertiary/aromatic N) is 1. The molecule has 1 aliphatic heterocycles. The van der Waals surface area contributed by atoms with Gasteiger partial charge in [0.25, 0.3) is 0 Å². The maximum atomic E-state index is 11.8. The number of carbonyl (C=O) groups is 1. The molecule has 0 spiro atoms. The number of allylic oxidation sites excluding steroid dienone is 2. The first-order chi connectivity index (χ1) is 8.83. The lowest BCUT2D eigenvalue weighted by atomic mass is 9.98. The molecule has 1 N–H and O–H groups in total. The zero-order valence-electron chi connectivity index (χ0n) is 10.6. The SMILES string of the molecule is O=C1O[C@H]2CC/C=C\CC[C@@H]2N1CCOCCO. The van der Waals surface area contributed by atoms with Crippen molar-refractivity contribution in [1.29, 1.82) is 0 Å². The molecule has 5 nitrogen and oxygen atoms in total. The van der Waals surface area contributed by atoms with Crippen LogP contribution < -0.4 is 0 Å². The predicted octanol–water partition coefficient (Wildman–Crippen LogP) is 1.31. The van der Waals surface area contributed by atoms with Crippen molar-refractivity contribution in [3.8, 4) is 0 Å². The van der Waals surface area contributed by atoms with Gasteiger partial charge in [0, 0.05) is 6.54 Å². The third kappa shape index (κ3) is 3.23. The van der Waals surface area contributed by atoms with Gasteiger partial charge in [-0.1, -0.05) is 12.2 Å². The standard InChI is InChI=1S/C13H21NO4/c15-8-10-17-9-7-14-11-5-3-1-2-4-6-12(11)18-13(14)16/h1-2,11-12,15H,3-10H2/b2-1-/t11-,12-/m0/s1. The van der Waals surface area contributed by atoms with E-state index in [0.29, 0.717) is 19.8 Å². The van der Waals surface area contributed by atoms with Crippen LogP contribution in [0.4, 0.5) is 4.79 Å². The highest BCUT2D eigenvalue weighted by atomic mass is 16.6. The molecule has 2 aliphatic rings. The molecule has 1 fully saturated rings. The predicted molar refractivity (Wildman–Crippen MR) is 66.3 cm³/mol. The van der Waals surface area contributed by atoms with Gasteiger partial charge in [-0.25, -0.2) is 4.79 Å². The largest absolute Gasteiger partial charge is 0.444 e. The first-order valence-corrected chi connectivity index (χ1v) is 6.64. The van der Waals surface area contributed by atoms with Crippen LogP contribution >= 0.6 is 0 Å². The fourth-order valence-electron chi connectivity index (χ4n) is 2.55. The molecule has 1 heterocycles. The van der Waals surface area contributed by atoms with E-state index in [1.54, 1.807) is 4.90 Å². The Balaban J connectivity index is 1.87. The van der Waals surface area contributed by atoms with E-state index in [2.05, 4.69) is 12.2 Å². The van der Waals surface area contributed by atoms with Crippen molar-refractivity contribution in [3.63, 3.8) is 0 Å². The summed E-state index contributed by atoms with van der Waals surface area (Å²) in [5.41, 5.74) is 0. The van der Waals surface area contributed by atoms with Gasteiger partial charge >= 0.3 is 6.09 Å². The van der Waals surface area contributed by atoms with Crippen molar-refractivity contribution >= 4 is 6.09 Å². The van der Waals surface area contributed by atoms with E-state index < -0.39 is 0 Å². The van der Waals surface area contributed by atoms with Gasteiger partial charge in [-0.2, -0.15) is 0 Å². The lowest BCUT2D eigenvalue weighted by Gasteiger charge is -2.25. The van der Waals surface area contributed by atoms with Gasteiger partial charge in [0.05, 0.1) is 25.9 Å². The number of hydrogen-bond acceptors (Lipinski definition) is 4. The molecule has 2 rings (SSSR count). The van der Waals surface area contributed by atoms with Gasteiger partial charge in [-0.3, -0.25) is 4.90 Å². The molecule has 0 bridgehead atoms. The second kappa shape index (κ2) is 6.75. The summed E-state index contributed by atoms with van der Waals surface area (Å²) in [4.78, 5) is 13.6. The number of aliphatic hydroxyl groups is 1. The van der Waals surface area contributed by atoms with Crippen molar-refractivity contribution in [2.24, 2.45) is 0 Å². The zero-order valence-corrected chi connectivity index (χ0v) is 10.6. The minimum Gasteiger partial charge on any atom is -0.444 e. The summed E-state index contributed by atoms with van der Waals surface area (Å²) in [6.45, 7) is 1.33. The van der Waals surface area contributed by atoms with E-state index in [-0.39, 0.29) is 24.8 Å². The average Bonchev–Trinajstić information content (AvgIpc) is 2.61. The molecule has 0 radical (unpaired) electrons. The lowest BCUT2D eigenvalue weighted by Crippen LogP contribution is -2.39. The van der Waals surface area contributed by atoms with E-state index in [1.165, 1.54) is 0 Å². The molecule has 0 aromatic carbocycles. The molecule has 18 heavy (non-hydrogen) atoms. The van der Waals surface area contributed by atoms with Gasteiger partial charge in [-0.15, -0.1) is 0 Å². The van der Waals surface area contributed by atoms with Crippen LogP contribution in [0.15, 0.2) is 12.2 Å². The molecule has 1 amide bonds. The number of rotatable bonds is 5. The van der Waals surface area contributed by atoms with Crippen LogP contribution in [0.5, 0.6) is 0 Å². The number of ether oxygens (including phenoxy) is 2. The van der Waals surface area contributed by atoms with Crippen molar-refractivity contribution < 1.29 is 19.4 Å².